The van der Waals surface area contributed by atoms with Gasteiger partial charge < -0.3 is 14.9 Å². The Morgan fingerprint density at radius 2 is 1.62 bits per heavy atom. The van der Waals surface area contributed by atoms with Gasteiger partial charge in [-0.1, -0.05) is 20.8 Å². The molecule has 138 valence electrons. The van der Waals surface area contributed by atoms with Gasteiger partial charge in [-0.15, -0.1) is 0 Å². The number of aliphatic hydroxyl groups is 1. The first-order valence-electron chi connectivity index (χ1n) is 9.53. The summed E-state index contributed by atoms with van der Waals surface area (Å²) in [6.07, 6.45) is 5.62. The highest BCUT2D eigenvalue weighted by Crippen LogP contribution is 2.65. The van der Waals surface area contributed by atoms with E-state index in [1.807, 2.05) is 6.92 Å². The minimum atomic E-state index is -0.777. The molecule has 0 aromatic heterocycles. The quantitative estimate of drug-likeness (QED) is 0.798. The van der Waals surface area contributed by atoms with Gasteiger partial charge in [0, 0.05) is 0 Å². The molecule has 4 nitrogen and oxygen atoms in total. The second-order valence-corrected chi connectivity index (χ2v) is 10.00. The molecule has 0 aromatic rings. The molecule has 3 rings (SSSR count). The zero-order chi connectivity index (χ0) is 18.0. The van der Waals surface area contributed by atoms with Crippen LogP contribution in [0, 0.1) is 22.7 Å². The van der Waals surface area contributed by atoms with Crippen molar-refractivity contribution >= 4 is 5.97 Å². The monoisotopic (exact) mass is 338 g/mol. The lowest BCUT2D eigenvalue weighted by Gasteiger charge is -2.66. The Bertz CT molecular complexity index is 530. The van der Waals surface area contributed by atoms with Gasteiger partial charge in [0.15, 0.2) is 0 Å². The number of carboxylic acid groups (broad SMARTS) is 1. The molecule has 2 N–H and O–H groups in total. The van der Waals surface area contributed by atoms with Crippen molar-refractivity contribution in [1.82, 2.24) is 0 Å². The van der Waals surface area contributed by atoms with Crippen LogP contribution in [0.2, 0.25) is 0 Å². The van der Waals surface area contributed by atoms with Crippen LogP contribution in [-0.4, -0.2) is 33.5 Å². The van der Waals surface area contributed by atoms with Crippen LogP contribution < -0.4 is 0 Å². The van der Waals surface area contributed by atoms with E-state index in [2.05, 4.69) is 27.7 Å². The fourth-order valence-electron chi connectivity index (χ4n) is 6.76. The Hall–Kier alpha value is -0.610. The molecule has 1 saturated heterocycles. The molecule has 2 saturated carbocycles. The molecule has 0 bridgehead atoms. The number of aliphatic carboxylic acids is 1. The van der Waals surface area contributed by atoms with Crippen LogP contribution in [0.25, 0.3) is 0 Å². The average Bonchev–Trinajstić information content (AvgIpc) is 2.41. The molecule has 1 aliphatic heterocycles. The van der Waals surface area contributed by atoms with Crippen molar-refractivity contribution < 1.29 is 19.7 Å². The summed E-state index contributed by atoms with van der Waals surface area (Å²) in [5.41, 5.74) is -0.688. The maximum atomic E-state index is 11.2. The van der Waals surface area contributed by atoms with Crippen LogP contribution in [0.3, 0.4) is 0 Å². The molecule has 0 amide bonds. The van der Waals surface area contributed by atoms with Gasteiger partial charge in [0.2, 0.25) is 0 Å². The van der Waals surface area contributed by atoms with Crippen molar-refractivity contribution in [3.63, 3.8) is 0 Å². The third kappa shape index (κ3) is 2.61. The number of ether oxygens (including phenoxy) is 1. The molecule has 3 fully saturated rings. The lowest BCUT2D eigenvalue weighted by atomic mass is 9.44. The first-order valence-corrected chi connectivity index (χ1v) is 9.53. The topological polar surface area (TPSA) is 66.8 Å². The number of hydrogen-bond donors (Lipinski definition) is 2. The average molecular weight is 338 g/mol. The SMILES string of the molecule is CC1(C)[C@H](O)CC[C@]2(C)[C@@H]1CC[C@]1(C)O[C@](C)(CC(=O)O)CC[C@@H]21. The second-order valence-electron chi connectivity index (χ2n) is 10.00. The van der Waals surface area contributed by atoms with Crippen molar-refractivity contribution in [2.45, 2.75) is 96.9 Å². The molecule has 0 aromatic carbocycles. The lowest BCUT2D eigenvalue weighted by Crippen LogP contribution is -2.64. The molecule has 1 heterocycles. The summed E-state index contributed by atoms with van der Waals surface area (Å²) in [4.78, 5) is 11.2. The normalized spacial score (nSPS) is 50.7. The Morgan fingerprint density at radius 1 is 1.00 bits per heavy atom. The minimum absolute atomic E-state index is 0.0594. The van der Waals surface area contributed by atoms with E-state index in [1.54, 1.807) is 0 Å². The number of aliphatic hydroxyl groups excluding tert-OH is 1. The van der Waals surface area contributed by atoms with Gasteiger partial charge in [0.05, 0.1) is 23.7 Å². The van der Waals surface area contributed by atoms with Gasteiger partial charge in [-0.3, -0.25) is 4.79 Å². The van der Waals surface area contributed by atoms with E-state index in [-0.39, 0.29) is 29.0 Å². The molecule has 2 aliphatic carbocycles. The van der Waals surface area contributed by atoms with Gasteiger partial charge in [0.1, 0.15) is 0 Å². The molecule has 6 atom stereocenters. The van der Waals surface area contributed by atoms with Crippen LogP contribution in [0.15, 0.2) is 0 Å². The Morgan fingerprint density at radius 3 is 2.25 bits per heavy atom. The van der Waals surface area contributed by atoms with Gasteiger partial charge in [0.25, 0.3) is 0 Å². The van der Waals surface area contributed by atoms with E-state index in [0.717, 1.165) is 38.5 Å². The molecule has 3 aliphatic rings. The summed E-state index contributed by atoms with van der Waals surface area (Å²) in [7, 11) is 0. The summed E-state index contributed by atoms with van der Waals surface area (Å²) in [5, 5.41) is 19.8. The third-order valence-electron chi connectivity index (χ3n) is 7.94. The number of carbonyl (C=O) groups is 1. The van der Waals surface area contributed by atoms with Gasteiger partial charge in [-0.25, -0.2) is 0 Å². The first-order chi connectivity index (χ1) is 10.9. The smallest absolute Gasteiger partial charge is 0.306 e. The molecule has 0 unspecified atom stereocenters. The van der Waals surface area contributed by atoms with Crippen LogP contribution in [0.4, 0.5) is 0 Å². The van der Waals surface area contributed by atoms with Crippen LogP contribution in [0.5, 0.6) is 0 Å². The Labute approximate surface area is 146 Å². The lowest BCUT2D eigenvalue weighted by molar-refractivity contribution is -0.273. The van der Waals surface area contributed by atoms with Gasteiger partial charge >= 0.3 is 5.97 Å². The molecular formula is C20H34O4. The number of carboxylic acids is 1. The Balaban J connectivity index is 1.90. The van der Waals surface area contributed by atoms with Crippen molar-refractivity contribution in [2.24, 2.45) is 22.7 Å². The first kappa shape index (κ1) is 18.2. The second kappa shape index (κ2) is 5.44. The van der Waals surface area contributed by atoms with Gasteiger partial charge in [-0.05, 0) is 75.0 Å². The van der Waals surface area contributed by atoms with Gasteiger partial charge in [-0.2, -0.15) is 0 Å². The molecule has 24 heavy (non-hydrogen) atoms. The minimum Gasteiger partial charge on any atom is -0.481 e. The molecule has 0 spiro atoms. The maximum Gasteiger partial charge on any atom is 0.306 e. The van der Waals surface area contributed by atoms with Crippen molar-refractivity contribution in [3.05, 3.63) is 0 Å². The molecule has 0 radical (unpaired) electrons. The highest BCUT2D eigenvalue weighted by atomic mass is 16.5. The third-order valence-corrected chi connectivity index (χ3v) is 7.94. The molecular weight excluding hydrogens is 304 g/mol. The van der Waals surface area contributed by atoms with Crippen molar-refractivity contribution in [1.29, 1.82) is 0 Å². The fourth-order valence-corrected chi connectivity index (χ4v) is 6.76. The van der Waals surface area contributed by atoms with Crippen molar-refractivity contribution in [2.75, 3.05) is 0 Å². The number of fused-ring (bicyclic) bond motifs is 3. The van der Waals surface area contributed by atoms with Crippen LogP contribution in [0.1, 0.15) is 79.6 Å². The van der Waals surface area contributed by atoms with Crippen molar-refractivity contribution in [3.8, 4) is 0 Å². The summed E-state index contributed by atoms with van der Waals surface area (Å²) in [5.74, 6) is 0.165. The largest absolute Gasteiger partial charge is 0.481 e. The summed E-state index contributed by atoms with van der Waals surface area (Å²) >= 11 is 0. The zero-order valence-electron chi connectivity index (χ0n) is 15.9. The standard InChI is InChI=1S/C20H34O4/c1-17(2)13-7-11-20(5)14(19(13,4)10-8-15(17)21)6-9-18(3,24-20)12-16(22)23/h13-15,21H,6-12H2,1-5H3,(H,22,23)/t13-,14+,15-,18+,19-,20+/m1/s1. The summed E-state index contributed by atoms with van der Waals surface area (Å²) < 4.78 is 6.54. The highest BCUT2D eigenvalue weighted by molar-refractivity contribution is 5.68. The number of hydrogen-bond acceptors (Lipinski definition) is 3. The summed E-state index contributed by atoms with van der Waals surface area (Å²) in [6, 6.07) is 0. The maximum absolute atomic E-state index is 11.2. The summed E-state index contributed by atoms with van der Waals surface area (Å²) in [6.45, 7) is 11.0. The predicted octanol–water partition coefficient (Wildman–Crippen LogP) is 4.00. The van der Waals surface area contributed by atoms with E-state index in [0.29, 0.717) is 11.8 Å². The van der Waals surface area contributed by atoms with E-state index in [9.17, 15) is 15.0 Å². The van der Waals surface area contributed by atoms with Crippen LogP contribution >= 0.6 is 0 Å². The van der Waals surface area contributed by atoms with E-state index in [4.69, 9.17) is 4.74 Å². The molecule has 4 heteroatoms. The van der Waals surface area contributed by atoms with E-state index < -0.39 is 11.6 Å². The zero-order valence-corrected chi connectivity index (χ0v) is 15.9. The van der Waals surface area contributed by atoms with E-state index in [1.165, 1.54) is 0 Å². The Kier molecular flexibility index (Phi) is 4.12. The predicted molar refractivity (Wildman–Crippen MR) is 92.7 cm³/mol. The highest BCUT2D eigenvalue weighted by Gasteiger charge is 2.63. The van der Waals surface area contributed by atoms with E-state index >= 15 is 0 Å². The number of rotatable bonds is 2. The fraction of sp³-hybridized carbons (Fsp3) is 0.950. The van der Waals surface area contributed by atoms with Crippen LogP contribution in [-0.2, 0) is 9.53 Å².